The summed E-state index contributed by atoms with van der Waals surface area (Å²) >= 11 is 3.74. The lowest BCUT2D eigenvalue weighted by molar-refractivity contribution is 1.09. The molecular formula is C42H24N4S2. The zero-order chi connectivity index (χ0) is 31.1. The summed E-state index contributed by atoms with van der Waals surface area (Å²) in [6.45, 7) is 0. The summed E-state index contributed by atoms with van der Waals surface area (Å²) in [5.74, 6) is 0. The summed E-state index contributed by atoms with van der Waals surface area (Å²) in [7, 11) is 0. The molecule has 4 nitrogen and oxygen atoms in total. The van der Waals surface area contributed by atoms with Gasteiger partial charge in [-0.25, -0.2) is 0 Å². The van der Waals surface area contributed by atoms with Gasteiger partial charge >= 0.3 is 0 Å². The van der Waals surface area contributed by atoms with Gasteiger partial charge in [-0.3, -0.25) is 0 Å². The highest BCUT2D eigenvalue weighted by Gasteiger charge is 2.25. The molecule has 0 amide bonds. The molecule has 224 valence electrons. The number of benzene rings is 7. The van der Waals surface area contributed by atoms with Crippen LogP contribution in [0, 0.1) is 0 Å². The van der Waals surface area contributed by atoms with Crippen molar-refractivity contribution in [3.63, 3.8) is 0 Å². The van der Waals surface area contributed by atoms with Crippen molar-refractivity contribution in [2.45, 2.75) is 0 Å². The summed E-state index contributed by atoms with van der Waals surface area (Å²) in [5.41, 5.74) is 14.5. The van der Waals surface area contributed by atoms with E-state index in [1.54, 1.807) is 0 Å². The maximum atomic E-state index is 2.54. The normalized spacial score (nSPS) is 12.6. The lowest BCUT2D eigenvalue weighted by Crippen LogP contribution is -2.14. The van der Waals surface area contributed by atoms with E-state index in [1.165, 1.54) is 90.4 Å². The largest absolute Gasteiger partial charge is 0.309 e. The van der Waals surface area contributed by atoms with Crippen molar-refractivity contribution in [3.05, 3.63) is 146 Å². The number of para-hydroxylation sites is 6. The van der Waals surface area contributed by atoms with Crippen LogP contribution in [0.25, 0.3) is 96.1 Å². The first-order chi connectivity index (χ1) is 23.8. The Hall–Kier alpha value is -5.82. The van der Waals surface area contributed by atoms with Crippen LogP contribution in [0.2, 0.25) is 0 Å². The standard InChI is InChI=1S/C42H24N4S2/c1-3-13-28-26(11-1)27-12-2-4-14-29(27)43(28)25-23-34-40-35(24-25)45-31-16-6-8-20-37(31)48-39-22-10-18-33(42(39)45)46(40)32-17-9-21-38-41(32)44(34)30-15-5-7-19-36(30)47-38/h1-24H. The molecule has 48 heavy (non-hydrogen) atoms. The van der Waals surface area contributed by atoms with E-state index >= 15 is 0 Å². The highest BCUT2D eigenvalue weighted by Crippen LogP contribution is 2.44. The van der Waals surface area contributed by atoms with Gasteiger partial charge in [-0.05, 0) is 72.8 Å². The minimum atomic E-state index is 1.15. The van der Waals surface area contributed by atoms with E-state index in [-0.39, 0.29) is 0 Å². The van der Waals surface area contributed by atoms with Crippen LogP contribution in [0.5, 0.6) is 0 Å². The van der Waals surface area contributed by atoms with Gasteiger partial charge in [0.1, 0.15) is 0 Å². The smallest absolute Gasteiger partial charge is 0.0949 e. The van der Waals surface area contributed by atoms with Gasteiger partial charge in [-0.15, -0.1) is 22.7 Å². The molecule has 12 rings (SSSR count). The number of rotatable bonds is 1. The molecular weight excluding hydrogens is 625 g/mol. The molecule has 0 fully saturated rings. The molecule has 0 bridgehead atoms. The summed E-state index contributed by atoms with van der Waals surface area (Å²) in [6, 6.07) is 53.8. The molecule has 0 N–H and O–H groups in total. The SMILES string of the molecule is c1ccc2c(c1)sc1cccc3c1n2c1cc(-n2c4ccccc4c4ccccc42)cc2c1-n3c1cccc3sc4ccccc4n2c31. The van der Waals surface area contributed by atoms with Crippen LogP contribution in [-0.2, 0) is 0 Å². The second kappa shape index (κ2) is 8.95. The van der Waals surface area contributed by atoms with Crippen LogP contribution in [0.1, 0.15) is 0 Å². The molecule has 6 heteroatoms. The Morgan fingerprint density at radius 2 is 0.750 bits per heavy atom. The van der Waals surface area contributed by atoms with E-state index in [4.69, 9.17) is 0 Å². The van der Waals surface area contributed by atoms with Crippen LogP contribution in [0.3, 0.4) is 0 Å². The van der Waals surface area contributed by atoms with Gasteiger partial charge in [-0.1, -0.05) is 72.8 Å². The van der Waals surface area contributed by atoms with Crippen molar-refractivity contribution in [2.24, 2.45) is 0 Å². The Bertz CT molecular complexity index is 3090. The number of nitrogens with zero attached hydrogens (tertiary/aromatic N) is 4. The highest BCUT2D eigenvalue weighted by molar-refractivity contribution is 7.25. The van der Waals surface area contributed by atoms with Crippen molar-refractivity contribution in [3.8, 4) is 11.4 Å². The molecule has 3 aromatic heterocycles. The molecule has 0 radical (unpaired) electrons. The van der Waals surface area contributed by atoms with Crippen LogP contribution in [0.4, 0.5) is 0 Å². The van der Waals surface area contributed by atoms with Gasteiger partial charge in [0, 0.05) is 10.8 Å². The summed E-state index contributed by atoms with van der Waals surface area (Å²) in [4.78, 5) is 0. The fourth-order valence-electron chi connectivity index (χ4n) is 8.29. The van der Waals surface area contributed by atoms with Gasteiger partial charge in [0.05, 0.1) is 85.3 Å². The molecule has 5 heterocycles. The average Bonchev–Trinajstić information content (AvgIpc) is 3.48. The third kappa shape index (κ3) is 3.05. The first kappa shape index (κ1) is 25.3. The molecule has 0 spiro atoms. The van der Waals surface area contributed by atoms with Crippen molar-refractivity contribution < 1.29 is 0 Å². The number of hydrogen-bond donors (Lipinski definition) is 0. The highest BCUT2D eigenvalue weighted by atomic mass is 32.1. The Labute approximate surface area is 281 Å². The Balaban J connectivity index is 1.45. The molecule has 0 atom stereocenters. The van der Waals surface area contributed by atoms with Crippen LogP contribution in [-0.4, -0.2) is 17.9 Å². The van der Waals surface area contributed by atoms with Crippen molar-refractivity contribution in [2.75, 3.05) is 0 Å². The fraction of sp³-hybridized carbons (Fsp3) is 0. The first-order valence-corrected chi connectivity index (χ1v) is 17.8. The molecule has 0 aliphatic carbocycles. The fourth-order valence-corrected chi connectivity index (χ4v) is 10.5. The Kier molecular flexibility index (Phi) is 4.72. The lowest BCUT2D eigenvalue weighted by atomic mass is 10.1. The quantitative estimate of drug-likeness (QED) is 0.125. The predicted octanol–water partition coefficient (Wildman–Crippen LogP) is 12.0. The predicted molar refractivity (Wildman–Crippen MR) is 205 cm³/mol. The van der Waals surface area contributed by atoms with E-state index in [0.29, 0.717) is 0 Å². The van der Waals surface area contributed by atoms with Crippen LogP contribution < -0.4 is 0 Å². The topological polar surface area (TPSA) is 18.7 Å². The number of hydrogen-bond acceptors (Lipinski definition) is 2. The van der Waals surface area contributed by atoms with Crippen LogP contribution >= 0.6 is 22.7 Å². The molecule has 10 aromatic rings. The number of aromatic nitrogens is 4. The van der Waals surface area contributed by atoms with Crippen molar-refractivity contribution in [1.29, 1.82) is 0 Å². The van der Waals surface area contributed by atoms with Gasteiger partial charge in [0.25, 0.3) is 0 Å². The zero-order valence-electron chi connectivity index (χ0n) is 25.5. The third-order valence-electron chi connectivity index (χ3n) is 10.1. The average molecular weight is 649 g/mol. The van der Waals surface area contributed by atoms with E-state index in [9.17, 15) is 0 Å². The maximum Gasteiger partial charge on any atom is 0.0949 e. The monoisotopic (exact) mass is 648 g/mol. The molecule has 0 saturated carbocycles. The van der Waals surface area contributed by atoms with Gasteiger partial charge in [0.2, 0.25) is 0 Å². The van der Waals surface area contributed by atoms with Gasteiger partial charge in [0.15, 0.2) is 0 Å². The van der Waals surface area contributed by atoms with E-state index in [2.05, 4.69) is 164 Å². The molecule has 0 unspecified atom stereocenters. The number of fused-ring (bicyclic) bond motifs is 11. The lowest BCUT2D eigenvalue weighted by Gasteiger charge is -2.28. The van der Waals surface area contributed by atoms with E-state index < -0.39 is 0 Å². The zero-order valence-corrected chi connectivity index (χ0v) is 27.1. The Morgan fingerprint density at radius 1 is 0.333 bits per heavy atom. The van der Waals surface area contributed by atoms with Gasteiger partial charge < -0.3 is 17.9 Å². The molecule has 0 saturated heterocycles. The first-order valence-electron chi connectivity index (χ1n) is 16.2. The summed E-state index contributed by atoms with van der Waals surface area (Å²) < 4.78 is 15.1. The summed E-state index contributed by atoms with van der Waals surface area (Å²) in [5, 5.41) is 2.53. The van der Waals surface area contributed by atoms with Crippen molar-refractivity contribution >= 4 is 107 Å². The second-order valence-corrected chi connectivity index (χ2v) is 14.8. The van der Waals surface area contributed by atoms with E-state index in [0.717, 1.165) is 5.69 Å². The molecule has 2 aliphatic rings. The minimum absolute atomic E-state index is 1.15. The minimum Gasteiger partial charge on any atom is -0.309 e. The van der Waals surface area contributed by atoms with Crippen LogP contribution in [0.15, 0.2) is 146 Å². The Morgan fingerprint density at radius 3 is 1.27 bits per heavy atom. The molecule has 7 aromatic carbocycles. The van der Waals surface area contributed by atoms with Crippen molar-refractivity contribution in [1.82, 2.24) is 17.9 Å². The summed E-state index contributed by atoms with van der Waals surface area (Å²) in [6.07, 6.45) is 0. The van der Waals surface area contributed by atoms with E-state index in [1.807, 2.05) is 22.7 Å². The molecule has 2 aliphatic heterocycles. The second-order valence-electron chi connectivity index (χ2n) is 12.6. The van der Waals surface area contributed by atoms with Gasteiger partial charge in [-0.2, -0.15) is 0 Å². The maximum absolute atomic E-state index is 2.54. The third-order valence-corrected chi connectivity index (χ3v) is 12.4.